The molecule has 0 N–H and O–H groups in total. The van der Waals surface area contributed by atoms with Gasteiger partial charge in [0.05, 0.1) is 0 Å². The van der Waals surface area contributed by atoms with Crippen LogP contribution in [0.4, 0.5) is 0 Å². The molecule has 0 saturated heterocycles. The van der Waals surface area contributed by atoms with Crippen molar-refractivity contribution in [2.24, 2.45) is 0 Å². The minimum absolute atomic E-state index is 0.149. The molecule has 0 bridgehead atoms. The van der Waals surface area contributed by atoms with Crippen molar-refractivity contribution >= 4 is 15.4 Å². The predicted molar refractivity (Wildman–Crippen MR) is 209 cm³/mol. The van der Waals surface area contributed by atoms with Crippen LogP contribution in [0.15, 0.2) is 84.9 Å². The van der Waals surface area contributed by atoms with E-state index in [0.717, 1.165) is 0 Å². The van der Waals surface area contributed by atoms with Crippen LogP contribution in [0.2, 0.25) is 9.36 Å². The summed E-state index contributed by atoms with van der Waals surface area (Å²) in [4.78, 5) is 0. The van der Waals surface area contributed by atoms with Gasteiger partial charge in [-0.3, -0.25) is 0 Å². The molecule has 3 aliphatic carbocycles. The molecule has 0 amide bonds. The molecule has 0 aliphatic heterocycles. The number of benzene rings is 4. The van der Waals surface area contributed by atoms with Crippen molar-refractivity contribution in [1.82, 2.24) is 0 Å². The van der Waals surface area contributed by atoms with Crippen molar-refractivity contribution in [3.8, 4) is 22.3 Å². The molecule has 1 saturated carbocycles. The van der Waals surface area contributed by atoms with Crippen LogP contribution in [0, 0.1) is 13.8 Å². The fraction of sp³-hybridized carbons (Fsp3) is 0.383. The van der Waals surface area contributed by atoms with Crippen molar-refractivity contribution in [2.75, 3.05) is 0 Å². The topological polar surface area (TPSA) is 0 Å². The van der Waals surface area contributed by atoms with Gasteiger partial charge < -0.3 is 0 Å². The maximum absolute atomic E-state index is 3.98. The normalized spacial score (nSPS) is 19.3. The Labute approximate surface area is 292 Å². The van der Waals surface area contributed by atoms with Gasteiger partial charge in [0.15, 0.2) is 0 Å². The Kier molecular flexibility index (Phi) is 8.11. The summed E-state index contributed by atoms with van der Waals surface area (Å²) >= 11 is -3.98. The minimum atomic E-state index is -3.98. The number of hydrogen-bond acceptors (Lipinski definition) is 0. The van der Waals surface area contributed by atoms with E-state index in [0.29, 0.717) is 7.35 Å². The van der Waals surface area contributed by atoms with Gasteiger partial charge in [-0.25, -0.2) is 0 Å². The SMILES string of the molecule is Cc1cc(C(C)(C)C)ccc1-c1cccc2c1C=C[CH]2[Hf]([CH3])([CH3])(=[C]1CCCC1)[CH]1C=Cc2c(-c3ccc(C(C)(C)C)cc3C)cccc21. The average molecular weight is 799 g/mol. The number of allylic oxidation sites excluding steroid dienone is 2. The number of hydrogen-bond donors (Lipinski definition) is 0. The summed E-state index contributed by atoms with van der Waals surface area (Å²) in [5.41, 5.74) is 17.5. The van der Waals surface area contributed by atoms with Gasteiger partial charge in [-0.15, -0.1) is 0 Å². The van der Waals surface area contributed by atoms with E-state index in [2.05, 4.69) is 162 Å². The van der Waals surface area contributed by atoms with E-state index in [9.17, 15) is 0 Å². The first-order chi connectivity index (χ1) is 22.6. The zero-order chi connectivity index (χ0) is 34.2. The first-order valence-corrected chi connectivity index (χ1v) is 31.6. The summed E-state index contributed by atoms with van der Waals surface area (Å²) < 4.78 is 8.67. The average Bonchev–Trinajstić information content (AvgIpc) is 3.81. The zero-order valence-corrected chi connectivity index (χ0v) is 34.8. The number of fused-ring (bicyclic) bond motifs is 2. The summed E-state index contributed by atoms with van der Waals surface area (Å²) in [7, 11) is 0. The molecule has 4 aromatic carbocycles. The molecular formula is C47H56Hf. The third kappa shape index (κ3) is 5.30. The van der Waals surface area contributed by atoms with E-state index in [1.807, 2.05) is 3.26 Å². The van der Waals surface area contributed by atoms with Gasteiger partial charge in [-0.05, 0) is 0 Å². The monoisotopic (exact) mass is 800 g/mol. The van der Waals surface area contributed by atoms with Crippen LogP contribution in [-0.2, 0) is 28.8 Å². The zero-order valence-electron chi connectivity index (χ0n) is 31.2. The molecule has 4 aromatic rings. The molecule has 0 heterocycles. The van der Waals surface area contributed by atoms with Crippen LogP contribution in [0.5, 0.6) is 0 Å². The molecule has 7 rings (SSSR count). The Morgan fingerprint density at radius 3 is 1.33 bits per heavy atom. The fourth-order valence-electron chi connectivity index (χ4n) is 9.78. The van der Waals surface area contributed by atoms with E-state index in [4.69, 9.17) is 0 Å². The standard InChI is InChI=1S/2C20H21.C5H8.2CH3.Hf/c2*1-14-13-16(20(2,3)4)11-12-17(14)19-10-6-8-15-7-5-9-18(15)19;1-2-4-5-3-1;;;/h2*5-13H,1-4H3;1-4H2;2*1H3;. The van der Waals surface area contributed by atoms with Gasteiger partial charge in [-0.1, -0.05) is 0 Å². The molecule has 0 radical (unpaired) electrons. The first kappa shape index (κ1) is 33.6. The Bertz CT molecular complexity index is 1930. The molecular weight excluding hydrogens is 743 g/mol. The molecule has 3 aliphatic rings. The Balaban J connectivity index is 1.36. The third-order valence-corrected chi connectivity index (χ3v) is 40.0. The maximum atomic E-state index is 2.85. The predicted octanol–water partition coefficient (Wildman–Crippen LogP) is 13.6. The van der Waals surface area contributed by atoms with E-state index in [1.165, 1.54) is 81.3 Å². The van der Waals surface area contributed by atoms with Crippen LogP contribution in [0.25, 0.3) is 34.4 Å². The van der Waals surface area contributed by atoms with Crippen LogP contribution in [0.3, 0.4) is 0 Å². The second-order valence-electron chi connectivity index (χ2n) is 18.3. The van der Waals surface area contributed by atoms with Crippen molar-refractivity contribution in [3.63, 3.8) is 0 Å². The molecule has 0 nitrogen and oxygen atoms in total. The van der Waals surface area contributed by atoms with Crippen LogP contribution < -0.4 is 0 Å². The van der Waals surface area contributed by atoms with Gasteiger partial charge in [0.2, 0.25) is 0 Å². The summed E-state index contributed by atoms with van der Waals surface area (Å²) in [6.45, 7) is 18.5. The van der Waals surface area contributed by atoms with Gasteiger partial charge >= 0.3 is 294 Å². The molecule has 48 heavy (non-hydrogen) atoms. The van der Waals surface area contributed by atoms with Gasteiger partial charge in [0.25, 0.3) is 0 Å². The molecule has 1 fully saturated rings. The second-order valence-corrected chi connectivity index (χ2v) is 44.0. The Morgan fingerprint density at radius 2 is 0.958 bits per heavy atom. The molecule has 2 atom stereocenters. The molecule has 0 aromatic heterocycles. The van der Waals surface area contributed by atoms with Gasteiger partial charge in [0, 0.05) is 0 Å². The summed E-state index contributed by atoms with van der Waals surface area (Å²) in [5.74, 6) is 0. The summed E-state index contributed by atoms with van der Waals surface area (Å²) in [6.07, 6.45) is 15.7. The van der Waals surface area contributed by atoms with Crippen LogP contribution in [0.1, 0.15) is 119 Å². The summed E-state index contributed by atoms with van der Waals surface area (Å²) in [6, 6.07) is 28.7. The van der Waals surface area contributed by atoms with Crippen LogP contribution in [-0.4, -0.2) is 3.26 Å². The first-order valence-electron chi connectivity index (χ1n) is 18.5. The molecule has 1 heteroatoms. The van der Waals surface area contributed by atoms with E-state index < -0.39 is 18.0 Å². The third-order valence-electron chi connectivity index (χ3n) is 12.9. The van der Waals surface area contributed by atoms with Crippen molar-refractivity contribution in [2.45, 2.75) is 109 Å². The van der Waals surface area contributed by atoms with E-state index >= 15 is 0 Å². The van der Waals surface area contributed by atoms with Crippen molar-refractivity contribution in [3.05, 3.63) is 129 Å². The van der Waals surface area contributed by atoms with Gasteiger partial charge in [0.1, 0.15) is 0 Å². The fourth-order valence-corrected chi connectivity index (χ4v) is 34.9. The Morgan fingerprint density at radius 1 is 0.542 bits per heavy atom. The van der Waals surface area contributed by atoms with E-state index in [1.54, 1.807) is 11.1 Å². The number of aryl methyl sites for hydroxylation is 2. The van der Waals surface area contributed by atoms with Crippen molar-refractivity contribution < 1.29 is 18.0 Å². The van der Waals surface area contributed by atoms with E-state index in [-0.39, 0.29) is 10.8 Å². The Hall–Kier alpha value is -2.90. The molecule has 0 spiro atoms. The van der Waals surface area contributed by atoms with Crippen molar-refractivity contribution in [1.29, 1.82) is 0 Å². The quantitative estimate of drug-likeness (QED) is 0.180. The van der Waals surface area contributed by atoms with Crippen LogP contribution >= 0.6 is 0 Å². The molecule has 2 unspecified atom stereocenters. The van der Waals surface area contributed by atoms with Gasteiger partial charge in [-0.2, -0.15) is 0 Å². The second kappa shape index (κ2) is 11.6. The summed E-state index contributed by atoms with van der Waals surface area (Å²) in [5, 5.41) is 0. The number of rotatable bonds is 4. The molecule has 248 valence electrons.